The molecule has 2 aromatic rings. The first-order valence-corrected chi connectivity index (χ1v) is 5.90. The van der Waals surface area contributed by atoms with Crippen LogP contribution in [0.1, 0.15) is 22.7 Å². The number of benzene rings is 1. The molecule has 16 heavy (non-hydrogen) atoms. The standard InChI is InChI=1S/C13H13BrN2/c1-9-7-11(8-16-13(9)14)12(15)10-5-3-2-4-6-10/h2-8,12H,15H2,1H3/t12-/m0/s1. The van der Waals surface area contributed by atoms with Crippen LogP contribution in [0.4, 0.5) is 0 Å². The summed E-state index contributed by atoms with van der Waals surface area (Å²) >= 11 is 3.38. The van der Waals surface area contributed by atoms with Crippen molar-refractivity contribution in [3.8, 4) is 0 Å². The highest BCUT2D eigenvalue weighted by Crippen LogP contribution is 2.22. The highest BCUT2D eigenvalue weighted by atomic mass is 79.9. The maximum atomic E-state index is 6.18. The van der Waals surface area contributed by atoms with Crippen molar-refractivity contribution in [1.29, 1.82) is 0 Å². The lowest BCUT2D eigenvalue weighted by Crippen LogP contribution is -2.12. The fourth-order valence-electron chi connectivity index (χ4n) is 1.60. The van der Waals surface area contributed by atoms with E-state index in [-0.39, 0.29) is 6.04 Å². The molecule has 1 heterocycles. The van der Waals surface area contributed by atoms with E-state index in [9.17, 15) is 0 Å². The number of rotatable bonds is 2. The molecule has 2 nitrogen and oxygen atoms in total. The van der Waals surface area contributed by atoms with Crippen molar-refractivity contribution in [2.45, 2.75) is 13.0 Å². The zero-order chi connectivity index (χ0) is 11.5. The lowest BCUT2D eigenvalue weighted by molar-refractivity contribution is 0.858. The Morgan fingerprint density at radius 2 is 1.88 bits per heavy atom. The fourth-order valence-corrected chi connectivity index (χ4v) is 1.82. The third-order valence-electron chi connectivity index (χ3n) is 2.55. The second kappa shape index (κ2) is 4.76. The maximum absolute atomic E-state index is 6.18. The molecule has 0 fully saturated rings. The number of pyridine rings is 1. The molecule has 0 amide bonds. The number of aromatic nitrogens is 1. The number of nitrogens with two attached hydrogens (primary N) is 1. The topological polar surface area (TPSA) is 38.9 Å². The van der Waals surface area contributed by atoms with E-state index in [0.717, 1.165) is 21.3 Å². The molecule has 0 spiro atoms. The first kappa shape index (κ1) is 11.3. The number of nitrogens with zero attached hydrogens (tertiary/aromatic N) is 1. The van der Waals surface area contributed by atoms with E-state index >= 15 is 0 Å². The summed E-state index contributed by atoms with van der Waals surface area (Å²) in [5.41, 5.74) is 9.42. The molecule has 1 atom stereocenters. The molecule has 0 unspecified atom stereocenters. The van der Waals surface area contributed by atoms with Gasteiger partial charge in [0.2, 0.25) is 0 Å². The number of hydrogen-bond acceptors (Lipinski definition) is 2. The zero-order valence-electron chi connectivity index (χ0n) is 9.02. The summed E-state index contributed by atoms with van der Waals surface area (Å²) in [6.45, 7) is 2.01. The van der Waals surface area contributed by atoms with Crippen molar-refractivity contribution in [3.05, 3.63) is 63.9 Å². The van der Waals surface area contributed by atoms with E-state index in [4.69, 9.17) is 5.73 Å². The molecular formula is C13H13BrN2. The van der Waals surface area contributed by atoms with Crippen molar-refractivity contribution in [2.75, 3.05) is 0 Å². The molecule has 0 bridgehead atoms. The molecule has 0 aliphatic rings. The molecule has 0 aliphatic carbocycles. The Balaban J connectivity index is 2.34. The Morgan fingerprint density at radius 3 is 2.50 bits per heavy atom. The molecule has 82 valence electrons. The largest absolute Gasteiger partial charge is 0.320 e. The molecule has 3 heteroatoms. The minimum absolute atomic E-state index is 0.111. The molecule has 0 radical (unpaired) electrons. The van der Waals surface area contributed by atoms with Gasteiger partial charge < -0.3 is 5.73 Å². The van der Waals surface area contributed by atoms with Crippen molar-refractivity contribution in [2.24, 2.45) is 5.73 Å². The number of hydrogen-bond donors (Lipinski definition) is 1. The van der Waals surface area contributed by atoms with Gasteiger partial charge in [-0.05, 0) is 45.6 Å². The summed E-state index contributed by atoms with van der Waals surface area (Å²) in [7, 11) is 0. The van der Waals surface area contributed by atoms with Gasteiger partial charge in [-0.15, -0.1) is 0 Å². The van der Waals surface area contributed by atoms with Gasteiger partial charge in [-0.1, -0.05) is 30.3 Å². The average Bonchev–Trinajstić information content (AvgIpc) is 2.33. The van der Waals surface area contributed by atoms with Crippen LogP contribution in [0.2, 0.25) is 0 Å². The van der Waals surface area contributed by atoms with Gasteiger partial charge in [0, 0.05) is 6.20 Å². The van der Waals surface area contributed by atoms with Gasteiger partial charge in [-0.2, -0.15) is 0 Å². The van der Waals surface area contributed by atoms with Gasteiger partial charge in [0.25, 0.3) is 0 Å². The van der Waals surface area contributed by atoms with Crippen molar-refractivity contribution in [1.82, 2.24) is 4.98 Å². The second-order valence-corrected chi connectivity index (χ2v) is 4.52. The summed E-state index contributed by atoms with van der Waals surface area (Å²) in [5, 5.41) is 0. The Kier molecular flexibility index (Phi) is 3.36. The lowest BCUT2D eigenvalue weighted by atomic mass is 10.0. The van der Waals surface area contributed by atoms with Crippen LogP contribution in [0.25, 0.3) is 0 Å². The summed E-state index contributed by atoms with van der Waals surface area (Å²) in [6, 6.07) is 12.0. The minimum atomic E-state index is -0.111. The third kappa shape index (κ3) is 2.31. The fraction of sp³-hybridized carbons (Fsp3) is 0.154. The summed E-state index contributed by atoms with van der Waals surface area (Å²) in [6.07, 6.45) is 1.81. The van der Waals surface area contributed by atoms with E-state index < -0.39 is 0 Å². The van der Waals surface area contributed by atoms with Crippen LogP contribution in [-0.4, -0.2) is 4.98 Å². The summed E-state index contributed by atoms with van der Waals surface area (Å²) < 4.78 is 0.872. The smallest absolute Gasteiger partial charge is 0.108 e. The predicted octanol–water partition coefficient (Wildman–Crippen LogP) is 3.20. The molecule has 0 saturated heterocycles. The van der Waals surface area contributed by atoms with E-state index in [1.54, 1.807) is 0 Å². The van der Waals surface area contributed by atoms with Crippen LogP contribution >= 0.6 is 15.9 Å². The second-order valence-electron chi connectivity index (χ2n) is 3.76. The van der Waals surface area contributed by atoms with Crippen molar-refractivity contribution >= 4 is 15.9 Å². The van der Waals surface area contributed by atoms with E-state index in [1.165, 1.54) is 0 Å². The predicted molar refractivity (Wildman–Crippen MR) is 69.1 cm³/mol. The van der Waals surface area contributed by atoms with Gasteiger partial charge in [-0.25, -0.2) is 4.98 Å². The minimum Gasteiger partial charge on any atom is -0.320 e. The number of aryl methyl sites for hydroxylation is 1. The monoisotopic (exact) mass is 276 g/mol. The Hall–Kier alpha value is -1.19. The average molecular weight is 277 g/mol. The quantitative estimate of drug-likeness (QED) is 0.856. The highest BCUT2D eigenvalue weighted by Gasteiger charge is 2.09. The van der Waals surface area contributed by atoms with Gasteiger partial charge in [0.1, 0.15) is 4.60 Å². The molecule has 2 rings (SSSR count). The van der Waals surface area contributed by atoms with Crippen LogP contribution in [0.3, 0.4) is 0 Å². The SMILES string of the molecule is Cc1cc([C@@H](N)c2ccccc2)cnc1Br. The van der Waals surface area contributed by atoms with Crippen molar-refractivity contribution in [3.63, 3.8) is 0 Å². The Bertz CT molecular complexity index is 483. The van der Waals surface area contributed by atoms with Gasteiger partial charge in [-0.3, -0.25) is 0 Å². The normalized spacial score (nSPS) is 12.4. The van der Waals surface area contributed by atoms with Crippen LogP contribution < -0.4 is 5.73 Å². The third-order valence-corrected chi connectivity index (χ3v) is 3.38. The maximum Gasteiger partial charge on any atom is 0.108 e. The Labute approximate surface area is 104 Å². The number of halogens is 1. The van der Waals surface area contributed by atoms with Crippen molar-refractivity contribution < 1.29 is 0 Å². The summed E-state index contributed by atoms with van der Waals surface area (Å²) in [4.78, 5) is 4.26. The van der Waals surface area contributed by atoms with Crippen LogP contribution in [0, 0.1) is 6.92 Å². The molecule has 1 aromatic heterocycles. The van der Waals surface area contributed by atoms with Gasteiger partial charge in [0.05, 0.1) is 6.04 Å². The van der Waals surface area contributed by atoms with Crippen LogP contribution in [0.15, 0.2) is 47.2 Å². The molecule has 1 aromatic carbocycles. The van der Waals surface area contributed by atoms with Gasteiger partial charge in [0.15, 0.2) is 0 Å². The van der Waals surface area contributed by atoms with E-state index in [1.807, 2.05) is 43.5 Å². The van der Waals surface area contributed by atoms with Gasteiger partial charge >= 0.3 is 0 Å². The molecule has 0 aliphatic heterocycles. The lowest BCUT2D eigenvalue weighted by Gasteiger charge is -2.13. The molecular weight excluding hydrogens is 264 g/mol. The molecule has 2 N–H and O–H groups in total. The summed E-state index contributed by atoms with van der Waals surface area (Å²) in [5.74, 6) is 0. The van der Waals surface area contributed by atoms with Crippen LogP contribution in [-0.2, 0) is 0 Å². The Morgan fingerprint density at radius 1 is 1.19 bits per heavy atom. The molecule has 0 saturated carbocycles. The first-order valence-electron chi connectivity index (χ1n) is 5.11. The zero-order valence-corrected chi connectivity index (χ0v) is 10.6. The van der Waals surface area contributed by atoms with Crippen LogP contribution in [0.5, 0.6) is 0 Å². The van der Waals surface area contributed by atoms with E-state index in [0.29, 0.717) is 0 Å². The highest BCUT2D eigenvalue weighted by molar-refractivity contribution is 9.10. The van der Waals surface area contributed by atoms with E-state index in [2.05, 4.69) is 27.0 Å². The first-order chi connectivity index (χ1) is 7.68.